The Balaban J connectivity index is 1.49. The van der Waals surface area contributed by atoms with Gasteiger partial charge in [-0.3, -0.25) is 4.79 Å². The van der Waals surface area contributed by atoms with Crippen LogP contribution >= 0.6 is 35.0 Å². The minimum atomic E-state index is -0.276. The number of halogens is 2. The Hall–Kier alpha value is -2.42. The number of rotatable bonds is 8. The Morgan fingerprint density at radius 3 is 2.79 bits per heavy atom. The highest BCUT2D eigenvalue weighted by Crippen LogP contribution is 2.29. The highest BCUT2D eigenvalue weighted by atomic mass is 35.5. The number of nitrogens with one attached hydrogen (secondary N) is 1. The van der Waals surface area contributed by atoms with Gasteiger partial charge in [0.15, 0.2) is 6.61 Å². The molecule has 1 N–H and O–H groups in total. The lowest BCUT2D eigenvalue weighted by atomic mass is 10.3. The van der Waals surface area contributed by atoms with Crippen molar-refractivity contribution >= 4 is 46.6 Å². The Morgan fingerprint density at radius 1 is 1.18 bits per heavy atom. The number of thioether (sulfide) groups is 1. The van der Waals surface area contributed by atoms with Crippen molar-refractivity contribution < 1.29 is 18.7 Å². The van der Waals surface area contributed by atoms with Gasteiger partial charge in [-0.25, -0.2) is 0 Å². The molecule has 0 spiro atoms. The van der Waals surface area contributed by atoms with Crippen LogP contribution < -0.4 is 14.8 Å². The first-order valence-corrected chi connectivity index (χ1v) is 9.75. The number of amides is 1. The van der Waals surface area contributed by atoms with Crippen LogP contribution in [0, 0.1) is 0 Å². The van der Waals surface area contributed by atoms with Gasteiger partial charge in [0.2, 0.25) is 5.91 Å². The molecule has 0 radical (unpaired) electrons. The number of aromatic nitrogens is 2. The summed E-state index contributed by atoms with van der Waals surface area (Å²) in [6, 6.07) is 12.2. The zero-order valence-corrected chi connectivity index (χ0v) is 17.0. The lowest BCUT2D eigenvalue weighted by Crippen LogP contribution is -2.14. The largest absolute Gasteiger partial charge is 0.497 e. The van der Waals surface area contributed by atoms with Gasteiger partial charge in [0, 0.05) is 6.07 Å². The van der Waals surface area contributed by atoms with E-state index >= 15 is 0 Å². The van der Waals surface area contributed by atoms with Crippen LogP contribution in [0.25, 0.3) is 0 Å². The van der Waals surface area contributed by atoms with Crippen molar-refractivity contribution in [3.63, 3.8) is 0 Å². The molecule has 2 aromatic carbocycles. The second kappa shape index (κ2) is 9.68. The fraction of sp³-hybridized carbons (Fsp3) is 0.167. The number of hydrogen-bond donors (Lipinski definition) is 1. The van der Waals surface area contributed by atoms with Gasteiger partial charge in [0.05, 0.1) is 28.6 Å². The number of carbonyl (C=O) groups excluding carboxylic acids is 1. The van der Waals surface area contributed by atoms with E-state index in [1.54, 1.807) is 37.4 Å². The molecular formula is C18H15Cl2N3O4S. The molecule has 7 nitrogen and oxygen atoms in total. The smallest absolute Gasteiger partial charge is 0.277 e. The topological polar surface area (TPSA) is 86.5 Å². The van der Waals surface area contributed by atoms with Crippen LogP contribution in [0.5, 0.6) is 11.5 Å². The average molecular weight is 440 g/mol. The third kappa shape index (κ3) is 5.54. The van der Waals surface area contributed by atoms with Crippen molar-refractivity contribution in [2.24, 2.45) is 0 Å². The van der Waals surface area contributed by atoms with Gasteiger partial charge in [0.25, 0.3) is 11.1 Å². The molecule has 10 heteroatoms. The van der Waals surface area contributed by atoms with E-state index in [1.165, 1.54) is 0 Å². The number of ether oxygens (including phenoxy) is 2. The van der Waals surface area contributed by atoms with Crippen LogP contribution in [0.3, 0.4) is 0 Å². The molecule has 146 valence electrons. The summed E-state index contributed by atoms with van der Waals surface area (Å²) in [6.07, 6.45) is 0. The summed E-state index contributed by atoms with van der Waals surface area (Å²) in [7, 11) is 1.58. The highest BCUT2D eigenvalue weighted by Gasteiger charge is 2.12. The minimum Gasteiger partial charge on any atom is -0.497 e. The number of benzene rings is 2. The number of anilines is 1. The Labute approximate surface area is 175 Å². The van der Waals surface area contributed by atoms with Crippen LogP contribution in [0.15, 0.2) is 52.1 Å². The molecule has 3 aromatic rings. The van der Waals surface area contributed by atoms with Crippen molar-refractivity contribution in [3.05, 3.63) is 58.4 Å². The van der Waals surface area contributed by atoms with Crippen molar-refractivity contribution in [1.82, 2.24) is 10.2 Å². The van der Waals surface area contributed by atoms with E-state index in [9.17, 15) is 4.79 Å². The van der Waals surface area contributed by atoms with Crippen LogP contribution in [0.4, 0.5) is 5.69 Å². The van der Waals surface area contributed by atoms with Gasteiger partial charge in [-0.05, 0) is 24.3 Å². The van der Waals surface area contributed by atoms with Crippen molar-refractivity contribution in [2.75, 3.05) is 18.2 Å². The molecule has 0 fully saturated rings. The van der Waals surface area contributed by atoms with Crippen molar-refractivity contribution in [1.29, 1.82) is 0 Å². The molecule has 0 saturated carbocycles. The molecule has 0 atom stereocenters. The summed E-state index contributed by atoms with van der Waals surface area (Å²) in [5.41, 5.74) is 0.442. The number of nitrogens with zero attached hydrogens (tertiary/aromatic N) is 2. The van der Waals surface area contributed by atoms with Gasteiger partial charge in [-0.1, -0.05) is 47.1 Å². The average Bonchev–Trinajstić information content (AvgIpc) is 3.16. The van der Waals surface area contributed by atoms with E-state index in [-0.39, 0.29) is 28.5 Å². The van der Waals surface area contributed by atoms with Crippen LogP contribution in [-0.4, -0.2) is 29.0 Å². The van der Waals surface area contributed by atoms with Crippen LogP contribution in [-0.2, 0) is 11.4 Å². The van der Waals surface area contributed by atoms with E-state index < -0.39 is 0 Å². The maximum Gasteiger partial charge on any atom is 0.277 e. The number of carbonyl (C=O) groups is 1. The van der Waals surface area contributed by atoms with E-state index in [4.69, 9.17) is 37.1 Å². The molecule has 3 rings (SSSR count). The third-order valence-electron chi connectivity index (χ3n) is 3.40. The van der Waals surface area contributed by atoms with Gasteiger partial charge in [0.1, 0.15) is 11.5 Å². The molecule has 0 bridgehead atoms. The molecule has 1 aromatic heterocycles. The third-order valence-corrected chi connectivity index (χ3v) is 5.04. The summed E-state index contributed by atoms with van der Waals surface area (Å²) in [5.74, 6) is 1.39. The number of hydrogen-bond acceptors (Lipinski definition) is 7. The van der Waals surface area contributed by atoms with Crippen molar-refractivity contribution in [3.8, 4) is 11.5 Å². The van der Waals surface area contributed by atoms with E-state index in [2.05, 4.69) is 15.5 Å². The van der Waals surface area contributed by atoms with Crippen LogP contribution in [0.1, 0.15) is 5.89 Å². The molecule has 0 aliphatic heterocycles. The molecule has 0 aliphatic carbocycles. The zero-order valence-electron chi connectivity index (χ0n) is 14.6. The summed E-state index contributed by atoms with van der Waals surface area (Å²) < 4.78 is 16.2. The SMILES string of the molecule is COc1cccc(OCc2nnc(SCC(=O)Nc3cccc(Cl)c3Cl)o2)c1. The fourth-order valence-corrected chi connectivity index (χ4v) is 3.03. The molecule has 1 amide bonds. The molecular weight excluding hydrogens is 425 g/mol. The molecule has 0 unspecified atom stereocenters. The molecule has 0 saturated heterocycles. The first kappa shape index (κ1) is 20.3. The van der Waals surface area contributed by atoms with Crippen molar-refractivity contribution in [2.45, 2.75) is 11.8 Å². The first-order valence-electron chi connectivity index (χ1n) is 8.01. The van der Waals surface area contributed by atoms with E-state index in [0.29, 0.717) is 28.1 Å². The lowest BCUT2D eigenvalue weighted by molar-refractivity contribution is -0.113. The minimum absolute atomic E-state index is 0.0707. The zero-order chi connectivity index (χ0) is 19.9. The summed E-state index contributed by atoms with van der Waals surface area (Å²) in [5, 5.41) is 11.4. The standard InChI is InChI=1S/C18H15Cl2N3O4S/c1-25-11-4-2-5-12(8-11)26-9-16-22-23-18(27-16)28-10-15(24)21-14-7-3-6-13(19)17(14)20/h2-8H,9-10H2,1H3,(H,21,24). The van der Waals surface area contributed by atoms with E-state index in [1.807, 2.05) is 12.1 Å². The lowest BCUT2D eigenvalue weighted by Gasteiger charge is -2.07. The molecule has 1 heterocycles. The number of methoxy groups -OCH3 is 1. The second-order valence-electron chi connectivity index (χ2n) is 5.37. The van der Waals surface area contributed by atoms with Crippen LogP contribution in [0.2, 0.25) is 10.0 Å². The first-order chi connectivity index (χ1) is 13.5. The van der Waals surface area contributed by atoms with Gasteiger partial charge in [-0.15, -0.1) is 10.2 Å². The predicted octanol–water partition coefficient (Wildman–Crippen LogP) is 4.69. The fourth-order valence-electron chi connectivity index (χ4n) is 2.10. The Bertz CT molecular complexity index is 968. The molecule has 28 heavy (non-hydrogen) atoms. The Morgan fingerprint density at radius 2 is 1.96 bits per heavy atom. The van der Waals surface area contributed by atoms with E-state index in [0.717, 1.165) is 11.8 Å². The highest BCUT2D eigenvalue weighted by molar-refractivity contribution is 7.99. The van der Waals surface area contributed by atoms with Gasteiger partial charge >= 0.3 is 0 Å². The normalized spacial score (nSPS) is 10.5. The maximum atomic E-state index is 12.1. The quantitative estimate of drug-likeness (QED) is 0.509. The summed E-state index contributed by atoms with van der Waals surface area (Å²) in [4.78, 5) is 12.1. The monoisotopic (exact) mass is 439 g/mol. The second-order valence-corrected chi connectivity index (χ2v) is 7.08. The van der Waals surface area contributed by atoms with Gasteiger partial charge < -0.3 is 19.2 Å². The molecule has 0 aliphatic rings. The Kier molecular flexibility index (Phi) is 7.02. The maximum absolute atomic E-state index is 12.1. The predicted molar refractivity (Wildman–Crippen MR) is 107 cm³/mol. The summed E-state index contributed by atoms with van der Waals surface area (Å²) in [6.45, 7) is 0.102. The summed E-state index contributed by atoms with van der Waals surface area (Å²) >= 11 is 13.1. The van der Waals surface area contributed by atoms with Gasteiger partial charge in [-0.2, -0.15) is 0 Å².